The van der Waals surface area contributed by atoms with Gasteiger partial charge in [0, 0.05) is 34.1 Å². The first-order chi connectivity index (χ1) is 15.1. The third-order valence-corrected chi connectivity index (χ3v) is 7.37. The van der Waals surface area contributed by atoms with E-state index < -0.39 is 0 Å². The number of ether oxygens (including phenoxy) is 1. The van der Waals surface area contributed by atoms with E-state index in [1.165, 1.54) is 34.2 Å². The van der Waals surface area contributed by atoms with Gasteiger partial charge in [-0.1, -0.05) is 30.8 Å². The van der Waals surface area contributed by atoms with Crippen molar-refractivity contribution in [2.45, 2.75) is 37.9 Å². The molecule has 2 heterocycles. The first-order valence-corrected chi connectivity index (χ1v) is 12.2. The molecule has 0 fully saturated rings. The molecule has 1 amide bonds. The van der Waals surface area contributed by atoms with E-state index in [1.807, 2.05) is 35.6 Å². The fraction of sp³-hybridized carbons (Fsp3) is 0.348. The second kappa shape index (κ2) is 9.70. The highest BCUT2D eigenvalue weighted by Gasteiger charge is 2.24. The van der Waals surface area contributed by atoms with Crippen LogP contribution in [0.3, 0.4) is 0 Å². The number of rotatable bonds is 8. The molecule has 1 aliphatic carbocycles. The van der Waals surface area contributed by atoms with Crippen LogP contribution in [-0.2, 0) is 24.2 Å². The highest BCUT2D eigenvalue weighted by atomic mass is 32.2. The monoisotopic (exact) mass is 454 g/mol. The van der Waals surface area contributed by atoms with Crippen molar-refractivity contribution in [2.75, 3.05) is 18.2 Å². The summed E-state index contributed by atoms with van der Waals surface area (Å²) in [7, 11) is 1.60. The van der Waals surface area contributed by atoms with Crippen LogP contribution in [0, 0.1) is 5.92 Å². The molecular formula is C23H26N4O2S2. The zero-order valence-corrected chi connectivity index (χ0v) is 19.4. The van der Waals surface area contributed by atoms with Crippen LogP contribution in [0.5, 0.6) is 5.75 Å². The lowest BCUT2D eigenvalue weighted by Gasteiger charge is -2.19. The van der Waals surface area contributed by atoms with E-state index in [-0.39, 0.29) is 11.7 Å². The standard InChI is InChI=1S/C23H26N4O2S2/c1-4-10-27-22(19-13-30-20-11-15(2)8-9-18(19)20)25-26-23(27)31-14-21(28)24-16-6-5-7-17(12-16)29-3/h4-7,12-13,15H,1,8-11,14H2,2-3H3,(H,24,28). The molecule has 3 aromatic rings. The number of benzene rings is 1. The Labute approximate surface area is 190 Å². The summed E-state index contributed by atoms with van der Waals surface area (Å²) in [4.78, 5) is 13.9. The minimum atomic E-state index is -0.102. The van der Waals surface area contributed by atoms with Crippen LogP contribution >= 0.6 is 23.1 Å². The van der Waals surface area contributed by atoms with Crippen molar-refractivity contribution in [3.63, 3.8) is 0 Å². The van der Waals surface area contributed by atoms with Crippen molar-refractivity contribution in [3.8, 4) is 17.1 Å². The van der Waals surface area contributed by atoms with Crippen molar-refractivity contribution in [2.24, 2.45) is 5.92 Å². The minimum absolute atomic E-state index is 0.102. The maximum absolute atomic E-state index is 12.5. The average Bonchev–Trinajstić information content (AvgIpc) is 3.36. The number of thioether (sulfide) groups is 1. The molecule has 1 aromatic carbocycles. The maximum Gasteiger partial charge on any atom is 0.234 e. The number of hydrogen-bond acceptors (Lipinski definition) is 6. The van der Waals surface area contributed by atoms with Crippen LogP contribution < -0.4 is 10.1 Å². The normalized spacial score (nSPS) is 15.4. The van der Waals surface area contributed by atoms with Crippen molar-refractivity contribution >= 4 is 34.7 Å². The van der Waals surface area contributed by atoms with Crippen molar-refractivity contribution in [1.29, 1.82) is 0 Å². The smallest absolute Gasteiger partial charge is 0.234 e. The summed E-state index contributed by atoms with van der Waals surface area (Å²) in [5, 5.41) is 14.7. The Morgan fingerprint density at radius 3 is 3.13 bits per heavy atom. The van der Waals surface area contributed by atoms with Gasteiger partial charge in [0.1, 0.15) is 5.75 Å². The van der Waals surface area contributed by atoms with E-state index in [0.29, 0.717) is 18.0 Å². The van der Waals surface area contributed by atoms with Gasteiger partial charge in [-0.05, 0) is 42.9 Å². The molecule has 8 heteroatoms. The number of amides is 1. The number of carbonyl (C=O) groups is 1. The number of carbonyl (C=O) groups excluding carboxylic acids is 1. The van der Waals surface area contributed by atoms with Gasteiger partial charge in [-0.25, -0.2) is 0 Å². The summed E-state index contributed by atoms with van der Waals surface area (Å²) in [6.07, 6.45) is 5.27. The van der Waals surface area contributed by atoms with Gasteiger partial charge in [0.2, 0.25) is 5.91 Å². The van der Waals surface area contributed by atoms with Crippen molar-refractivity contribution in [1.82, 2.24) is 14.8 Å². The third kappa shape index (κ3) is 4.85. The SMILES string of the molecule is C=CCn1c(SCC(=O)Nc2cccc(OC)c2)nnc1-c1csc2c1CCC(C)C2. The Balaban J connectivity index is 1.49. The van der Waals surface area contributed by atoms with E-state index in [9.17, 15) is 4.79 Å². The summed E-state index contributed by atoms with van der Waals surface area (Å²) in [5.74, 6) is 2.44. The predicted octanol–water partition coefficient (Wildman–Crippen LogP) is 5.06. The summed E-state index contributed by atoms with van der Waals surface area (Å²) in [5.41, 5.74) is 3.29. The first-order valence-electron chi connectivity index (χ1n) is 10.3. The molecule has 2 aromatic heterocycles. The van der Waals surface area contributed by atoms with Crippen LogP contribution in [0.1, 0.15) is 23.8 Å². The number of nitrogens with zero attached hydrogens (tertiary/aromatic N) is 3. The van der Waals surface area contributed by atoms with E-state index >= 15 is 0 Å². The fourth-order valence-corrected chi connectivity index (χ4v) is 5.77. The van der Waals surface area contributed by atoms with Crippen LogP contribution in [0.2, 0.25) is 0 Å². The second-order valence-electron chi connectivity index (χ2n) is 7.67. The van der Waals surface area contributed by atoms with E-state index in [0.717, 1.165) is 29.7 Å². The van der Waals surface area contributed by atoms with Gasteiger partial charge in [-0.3, -0.25) is 9.36 Å². The molecule has 31 heavy (non-hydrogen) atoms. The Morgan fingerprint density at radius 2 is 2.32 bits per heavy atom. The molecule has 0 saturated heterocycles. The molecule has 1 N–H and O–H groups in total. The first kappa shape index (κ1) is 21.6. The van der Waals surface area contributed by atoms with Crippen LogP contribution in [0.4, 0.5) is 5.69 Å². The van der Waals surface area contributed by atoms with Gasteiger partial charge in [-0.15, -0.1) is 28.1 Å². The van der Waals surface area contributed by atoms with Crippen LogP contribution in [-0.4, -0.2) is 33.5 Å². The number of anilines is 1. The average molecular weight is 455 g/mol. The highest BCUT2D eigenvalue weighted by Crippen LogP contribution is 2.38. The Kier molecular flexibility index (Phi) is 6.77. The predicted molar refractivity (Wildman–Crippen MR) is 127 cm³/mol. The topological polar surface area (TPSA) is 69.0 Å². The van der Waals surface area contributed by atoms with Crippen molar-refractivity contribution in [3.05, 3.63) is 52.7 Å². The number of hydrogen-bond donors (Lipinski definition) is 1. The highest BCUT2D eigenvalue weighted by molar-refractivity contribution is 7.99. The Hall–Kier alpha value is -2.58. The maximum atomic E-state index is 12.5. The molecular weight excluding hydrogens is 428 g/mol. The summed E-state index contributed by atoms with van der Waals surface area (Å²) >= 11 is 3.20. The lowest BCUT2D eigenvalue weighted by molar-refractivity contribution is -0.113. The van der Waals surface area contributed by atoms with E-state index in [1.54, 1.807) is 13.2 Å². The van der Waals surface area contributed by atoms with Crippen molar-refractivity contribution < 1.29 is 9.53 Å². The molecule has 0 radical (unpaired) electrons. The summed E-state index contributed by atoms with van der Waals surface area (Å²) in [6.45, 7) is 6.80. The Morgan fingerprint density at radius 1 is 1.45 bits per heavy atom. The van der Waals surface area contributed by atoms with E-state index in [4.69, 9.17) is 4.74 Å². The lowest BCUT2D eigenvalue weighted by atomic mass is 9.88. The molecule has 4 rings (SSSR count). The molecule has 0 spiro atoms. The number of methoxy groups -OCH3 is 1. The van der Waals surface area contributed by atoms with Gasteiger partial charge in [0.15, 0.2) is 11.0 Å². The molecule has 1 unspecified atom stereocenters. The van der Waals surface area contributed by atoms with Gasteiger partial charge < -0.3 is 10.1 Å². The number of aromatic nitrogens is 3. The fourth-order valence-electron chi connectivity index (χ4n) is 3.78. The lowest BCUT2D eigenvalue weighted by Crippen LogP contribution is -2.14. The number of nitrogens with one attached hydrogen (secondary N) is 1. The van der Waals surface area contributed by atoms with Gasteiger partial charge >= 0.3 is 0 Å². The minimum Gasteiger partial charge on any atom is -0.497 e. The second-order valence-corrected chi connectivity index (χ2v) is 9.58. The van der Waals surface area contributed by atoms with Gasteiger partial charge in [0.25, 0.3) is 0 Å². The third-order valence-electron chi connectivity index (χ3n) is 5.36. The quantitative estimate of drug-likeness (QED) is 0.381. The van der Waals surface area contributed by atoms with Gasteiger partial charge in [0.05, 0.1) is 12.9 Å². The molecule has 0 bridgehead atoms. The number of fused-ring (bicyclic) bond motifs is 1. The van der Waals surface area contributed by atoms with E-state index in [2.05, 4.69) is 39.0 Å². The number of thiophene rings is 1. The van der Waals surface area contributed by atoms with Gasteiger partial charge in [-0.2, -0.15) is 0 Å². The Bertz CT molecular complexity index is 1090. The molecule has 0 saturated carbocycles. The molecule has 1 atom stereocenters. The molecule has 0 aliphatic heterocycles. The molecule has 1 aliphatic rings. The summed E-state index contributed by atoms with van der Waals surface area (Å²) < 4.78 is 7.26. The summed E-state index contributed by atoms with van der Waals surface area (Å²) in [6, 6.07) is 7.32. The number of allylic oxidation sites excluding steroid dienone is 1. The van der Waals surface area contributed by atoms with Crippen LogP contribution in [0.25, 0.3) is 11.4 Å². The molecule has 6 nitrogen and oxygen atoms in total. The zero-order chi connectivity index (χ0) is 21.8. The zero-order valence-electron chi connectivity index (χ0n) is 17.8. The largest absolute Gasteiger partial charge is 0.497 e. The van der Waals surface area contributed by atoms with Crippen LogP contribution in [0.15, 0.2) is 47.5 Å². The molecule has 162 valence electrons.